The second-order valence-electron chi connectivity index (χ2n) is 5.77. The van der Waals surface area contributed by atoms with Crippen molar-refractivity contribution < 1.29 is 0 Å². The lowest BCUT2D eigenvalue weighted by molar-refractivity contribution is 0.230. The van der Waals surface area contributed by atoms with Gasteiger partial charge in [-0.15, -0.1) is 0 Å². The van der Waals surface area contributed by atoms with Crippen molar-refractivity contribution >= 4 is 21.6 Å². The number of anilines is 1. The molecule has 0 saturated carbocycles. The summed E-state index contributed by atoms with van der Waals surface area (Å²) in [5.41, 5.74) is 8.70. The summed E-state index contributed by atoms with van der Waals surface area (Å²) < 4.78 is 1.14. The van der Waals surface area contributed by atoms with E-state index in [1.165, 1.54) is 37.2 Å². The lowest BCUT2D eigenvalue weighted by Crippen LogP contribution is -2.50. The van der Waals surface area contributed by atoms with Crippen LogP contribution in [0.15, 0.2) is 22.7 Å². The molecule has 2 unspecified atom stereocenters. The number of hydrogen-bond donors (Lipinski definition) is 1. The molecule has 0 radical (unpaired) electrons. The summed E-state index contributed by atoms with van der Waals surface area (Å²) in [5.74, 6) is 0. The Balaban J connectivity index is 1.87. The summed E-state index contributed by atoms with van der Waals surface area (Å²) in [7, 11) is 0. The molecule has 0 aromatic heterocycles. The standard InChI is InChI=1S/C15H22BrN3/c1-11(17)14-5-4-12(16)9-15(14)19-8-7-18-6-2-3-13(18)10-19/h4-5,9,11,13H,2-3,6-8,10,17H2,1H3. The molecule has 0 bridgehead atoms. The second-order valence-corrected chi connectivity index (χ2v) is 6.69. The summed E-state index contributed by atoms with van der Waals surface area (Å²) >= 11 is 3.59. The van der Waals surface area contributed by atoms with E-state index in [1.807, 2.05) is 0 Å². The minimum atomic E-state index is 0.0877. The van der Waals surface area contributed by atoms with Crippen molar-refractivity contribution in [3.05, 3.63) is 28.2 Å². The molecule has 3 nitrogen and oxygen atoms in total. The number of nitrogens with zero attached hydrogens (tertiary/aromatic N) is 2. The van der Waals surface area contributed by atoms with Crippen molar-refractivity contribution in [2.45, 2.75) is 31.8 Å². The van der Waals surface area contributed by atoms with E-state index in [0.29, 0.717) is 0 Å². The Morgan fingerprint density at radius 1 is 1.32 bits per heavy atom. The molecule has 2 atom stereocenters. The Morgan fingerprint density at radius 2 is 2.16 bits per heavy atom. The zero-order chi connectivity index (χ0) is 13.4. The van der Waals surface area contributed by atoms with Gasteiger partial charge in [-0.2, -0.15) is 0 Å². The topological polar surface area (TPSA) is 32.5 Å². The monoisotopic (exact) mass is 323 g/mol. The van der Waals surface area contributed by atoms with E-state index in [9.17, 15) is 0 Å². The van der Waals surface area contributed by atoms with Crippen LogP contribution >= 0.6 is 15.9 Å². The van der Waals surface area contributed by atoms with Gasteiger partial charge in [-0.05, 0) is 44.0 Å². The molecule has 2 aliphatic rings. The summed E-state index contributed by atoms with van der Waals surface area (Å²) in [6, 6.07) is 7.31. The van der Waals surface area contributed by atoms with Gasteiger partial charge in [0.05, 0.1) is 0 Å². The third-order valence-electron chi connectivity index (χ3n) is 4.41. The lowest BCUT2D eigenvalue weighted by Gasteiger charge is -2.40. The minimum absolute atomic E-state index is 0.0877. The van der Waals surface area contributed by atoms with E-state index in [0.717, 1.165) is 23.6 Å². The number of nitrogens with two attached hydrogens (primary N) is 1. The van der Waals surface area contributed by atoms with E-state index in [2.05, 4.69) is 50.9 Å². The fraction of sp³-hybridized carbons (Fsp3) is 0.600. The van der Waals surface area contributed by atoms with Crippen molar-refractivity contribution in [3.63, 3.8) is 0 Å². The van der Waals surface area contributed by atoms with Crippen LogP contribution in [-0.4, -0.2) is 37.1 Å². The highest BCUT2D eigenvalue weighted by Gasteiger charge is 2.31. The van der Waals surface area contributed by atoms with Crippen LogP contribution < -0.4 is 10.6 Å². The van der Waals surface area contributed by atoms with Gasteiger partial charge in [0, 0.05) is 41.9 Å². The maximum atomic E-state index is 6.13. The zero-order valence-corrected chi connectivity index (χ0v) is 13.1. The van der Waals surface area contributed by atoms with E-state index >= 15 is 0 Å². The van der Waals surface area contributed by atoms with E-state index in [-0.39, 0.29) is 6.04 Å². The molecule has 1 aromatic carbocycles. The van der Waals surface area contributed by atoms with Crippen LogP contribution in [0.2, 0.25) is 0 Å². The summed E-state index contributed by atoms with van der Waals surface area (Å²) in [5, 5.41) is 0. The smallest absolute Gasteiger partial charge is 0.0426 e. The molecule has 2 aliphatic heterocycles. The average Bonchev–Trinajstić information content (AvgIpc) is 2.85. The van der Waals surface area contributed by atoms with Crippen LogP contribution in [0.5, 0.6) is 0 Å². The second kappa shape index (κ2) is 5.43. The quantitative estimate of drug-likeness (QED) is 0.908. The first-order chi connectivity index (χ1) is 9.15. The highest BCUT2D eigenvalue weighted by molar-refractivity contribution is 9.10. The molecule has 0 amide bonds. The highest BCUT2D eigenvalue weighted by atomic mass is 79.9. The number of hydrogen-bond acceptors (Lipinski definition) is 3. The van der Waals surface area contributed by atoms with Crippen molar-refractivity contribution in [2.75, 3.05) is 31.1 Å². The highest BCUT2D eigenvalue weighted by Crippen LogP contribution is 2.32. The number of piperazine rings is 1. The Bertz CT molecular complexity index is 461. The first kappa shape index (κ1) is 13.4. The Labute approximate surface area is 123 Å². The fourth-order valence-corrected chi connectivity index (χ4v) is 3.73. The molecule has 19 heavy (non-hydrogen) atoms. The molecule has 2 heterocycles. The Hall–Kier alpha value is -0.580. The van der Waals surface area contributed by atoms with Crippen molar-refractivity contribution in [1.29, 1.82) is 0 Å². The maximum Gasteiger partial charge on any atom is 0.0426 e. The molecule has 1 aromatic rings. The van der Waals surface area contributed by atoms with Gasteiger partial charge in [0.25, 0.3) is 0 Å². The van der Waals surface area contributed by atoms with E-state index in [4.69, 9.17) is 5.73 Å². The minimum Gasteiger partial charge on any atom is -0.368 e. The van der Waals surface area contributed by atoms with Gasteiger partial charge in [0.15, 0.2) is 0 Å². The third kappa shape index (κ3) is 2.67. The molecule has 0 aliphatic carbocycles. The van der Waals surface area contributed by atoms with Crippen LogP contribution in [0, 0.1) is 0 Å². The van der Waals surface area contributed by atoms with Crippen molar-refractivity contribution in [2.24, 2.45) is 5.73 Å². The van der Waals surface area contributed by atoms with Crippen LogP contribution in [0.1, 0.15) is 31.4 Å². The number of halogens is 1. The SMILES string of the molecule is CC(N)c1ccc(Br)cc1N1CCN2CCCC2C1. The fourth-order valence-electron chi connectivity index (χ4n) is 3.39. The number of benzene rings is 1. The van der Waals surface area contributed by atoms with Gasteiger partial charge in [-0.25, -0.2) is 0 Å². The van der Waals surface area contributed by atoms with Crippen molar-refractivity contribution in [3.8, 4) is 0 Å². The maximum absolute atomic E-state index is 6.13. The number of rotatable bonds is 2. The summed E-state index contributed by atoms with van der Waals surface area (Å²) in [4.78, 5) is 5.16. The van der Waals surface area contributed by atoms with Gasteiger partial charge in [-0.3, -0.25) is 4.90 Å². The Morgan fingerprint density at radius 3 is 2.95 bits per heavy atom. The van der Waals surface area contributed by atoms with Crippen molar-refractivity contribution in [1.82, 2.24) is 4.90 Å². The Kier molecular flexibility index (Phi) is 3.83. The molecular weight excluding hydrogens is 302 g/mol. The van der Waals surface area contributed by atoms with Crippen LogP contribution in [0.3, 0.4) is 0 Å². The van der Waals surface area contributed by atoms with E-state index in [1.54, 1.807) is 0 Å². The molecule has 0 spiro atoms. The van der Waals surface area contributed by atoms with Crippen LogP contribution in [0.4, 0.5) is 5.69 Å². The van der Waals surface area contributed by atoms with Gasteiger partial charge >= 0.3 is 0 Å². The predicted molar refractivity (Wildman–Crippen MR) is 83.6 cm³/mol. The summed E-state index contributed by atoms with van der Waals surface area (Å²) in [6.45, 7) is 6.81. The zero-order valence-electron chi connectivity index (χ0n) is 11.5. The van der Waals surface area contributed by atoms with Gasteiger partial charge in [0.1, 0.15) is 0 Å². The molecule has 2 fully saturated rings. The van der Waals surface area contributed by atoms with Crippen LogP contribution in [0.25, 0.3) is 0 Å². The van der Waals surface area contributed by atoms with Gasteiger partial charge < -0.3 is 10.6 Å². The first-order valence-electron chi connectivity index (χ1n) is 7.19. The number of fused-ring (bicyclic) bond motifs is 1. The normalized spacial score (nSPS) is 25.4. The predicted octanol–water partition coefficient (Wildman–Crippen LogP) is 2.75. The molecular formula is C15H22BrN3. The third-order valence-corrected chi connectivity index (χ3v) is 4.90. The van der Waals surface area contributed by atoms with E-state index < -0.39 is 0 Å². The lowest BCUT2D eigenvalue weighted by atomic mass is 10.0. The molecule has 4 heteroatoms. The molecule has 2 N–H and O–H groups in total. The first-order valence-corrected chi connectivity index (χ1v) is 7.98. The molecule has 104 valence electrons. The average molecular weight is 324 g/mol. The van der Waals surface area contributed by atoms with Crippen LogP contribution in [-0.2, 0) is 0 Å². The largest absolute Gasteiger partial charge is 0.368 e. The summed E-state index contributed by atoms with van der Waals surface area (Å²) in [6.07, 6.45) is 2.70. The van der Waals surface area contributed by atoms with Gasteiger partial charge in [0.2, 0.25) is 0 Å². The molecule has 2 saturated heterocycles. The molecule has 3 rings (SSSR count). The van der Waals surface area contributed by atoms with Gasteiger partial charge in [-0.1, -0.05) is 22.0 Å².